The summed E-state index contributed by atoms with van der Waals surface area (Å²) >= 11 is 7.69. The van der Waals surface area contributed by atoms with Gasteiger partial charge in [0.1, 0.15) is 11.6 Å². The van der Waals surface area contributed by atoms with Gasteiger partial charge >= 0.3 is 5.97 Å². The number of nitrogens with zero attached hydrogens (tertiary/aromatic N) is 1. The Bertz CT molecular complexity index is 1500. The van der Waals surface area contributed by atoms with Gasteiger partial charge in [0.15, 0.2) is 19.1 Å². The van der Waals surface area contributed by atoms with Gasteiger partial charge in [-0.1, -0.05) is 72.8 Å². The molecule has 1 saturated heterocycles. The molecule has 0 unspecified atom stereocenters. The summed E-state index contributed by atoms with van der Waals surface area (Å²) in [4.78, 5) is 41.7. The van der Waals surface area contributed by atoms with Crippen molar-refractivity contribution in [3.63, 3.8) is 0 Å². The molecular formula is C34H44FNO6S3Si. The number of β-lactam (4-membered cyclic amide) rings is 1. The summed E-state index contributed by atoms with van der Waals surface area (Å²) in [5.74, 6) is -1.82. The lowest BCUT2D eigenvalue weighted by Crippen LogP contribution is -2.64. The van der Waals surface area contributed by atoms with Gasteiger partial charge in [0.25, 0.3) is 0 Å². The highest BCUT2D eigenvalue weighted by molar-refractivity contribution is 8.16. The summed E-state index contributed by atoms with van der Waals surface area (Å²) < 4.78 is 26.1. The van der Waals surface area contributed by atoms with Crippen LogP contribution >= 0.6 is 35.7 Å². The van der Waals surface area contributed by atoms with Gasteiger partial charge in [0.2, 0.25) is 11.0 Å². The predicted molar refractivity (Wildman–Crippen MR) is 191 cm³/mol. The molecular weight excluding hydrogens is 662 g/mol. The van der Waals surface area contributed by atoms with Gasteiger partial charge in [0.05, 0.1) is 22.3 Å². The monoisotopic (exact) mass is 705 g/mol. The van der Waals surface area contributed by atoms with Crippen LogP contribution in [0.25, 0.3) is 0 Å². The van der Waals surface area contributed by atoms with E-state index >= 15 is 0 Å². The minimum Gasteiger partial charge on any atom is -0.476 e. The number of likely N-dealkylation sites (tertiary alicyclic amines) is 1. The molecule has 0 aromatic heterocycles. The minimum absolute atomic E-state index is 0.0729. The highest BCUT2D eigenvalue weighted by atomic mass is 32.2. The molecule has 250 valence electrons. The van der Waals surface area contributed by atoms with Crippen molar-refractivity contribution >= 4 is 65.9 Å². The molecule has 0 radical (unpaired) electrons. The number of hydrogen-bond donors (Lipinski definition) is 1. The molecule has 1 heterocycles. The highest BCUT2D eigenvalue weighted by Gasteiger charge is 2.56. The third-order valence-corrected chi connectivity index (χ3v) is 15.6. The number of ether oxygens (including phenoxy) is 1. The fourth-order valence-corrected chi connectivity index (χ4v) is 8.25. The molecule has 0 saturated carbocycles. The number of benzene rings is 2. The van der Waals surface area contributed by atoms with Crippen molar-refractivity contribution in [2.45, 2.75) is 85.0 Å². The van der Waals surface area contributed by atoms with Crippen LogP contribution in [-0.4, -0.2) is 57.4 Å². The average Bonchev–Trinajstić information content (AvgIpc) is 2.94. The van der Waals surface area contributed by atoms with Gasteiger partial charge in [-0.3, -0.25) is 14.5 Å². The second kappa shape index (κ2) is 14.7. The fourth-order valence-electron chi connectivity index (χ4n) is 4.41. The Kier molecular flexibility index (Phi) is 12.1. The van der Waals surface area contributed by atoms with Crippen LogP contribution < -0.4 is 4.74 Å². The smallest absolute Gasteiger partial charge is 0.357 e. The molecule has 2 aromatic rings. The van der Waals surface area contributed by atoms with Crippen molar-refractivity contribution in [2.24, 2.45) is 11.3 Å². The Balaban J connectivity index is 2.02. The van der Waals surface area contributed by atoms with Crippen molar-refractivity contribution in [3.05, 3.63) is 76.3 Å². The summed E-state index contributed by atoms with van der Waals surface area (Å²) in [6, 6.07) is 12.5. The van der Waals surface area contributed by atoms with Crippen LogP contribution in [0.5, 0.6) is 5.75 Å². The number of halogens is 1. The van der Waals surface area contributed by atoms with E-state index in [1.54, 1.807) is 57.2 Å². The Hall–Kier alpha value is -2.51. The SMILES string of the molecule is CCS[C@@H]1[C@@H]([C@@H](C)O[Si](C)(C)C(C)(C)C)C(=O)N1C(C(=O)O)=C(Oc1ccc(C(=S)c2ccc(F)cc2)cc1)SC(=O)C(C)(C)C. The number of carboxylic acid groups (broad SMARTS) is 1. The van der Waals surface area contributed by atoms with Gasteiger partial charge in [-0.15, -0.1) is 11.8 Å². The number of thioether (sulfide) groups is 2. The quantitative estimate of drug-likeness (QED) is 0.0583. The van der Waals surface area contributed by atoms with E-state index in [9.17, 15) is 23.9 Å². The third-order valence-electron chi connectivity index (χ3n) is 8.08. The molecule has 3 rings (SSSR count). The summed E-state index contributed by atoms with van der Waals surface area (Å²) in [7, 11) is -2.23. The van der Waals surface area contributed by atoms with Crippen LogP contribution in [0.4, 0.5) is 4.39 Å². The lowest BCUT2D eigenvalue weighted by atomic mass is 9.92. The van der Waals surface area contributed by atoms with E-state index in [0.717, 1.165) is 0 Å². The Morgan fingerprint density at radius 1 is 1.02 bits per heavy atom. The second-order valence-corrected chi connectivity index (χ2v) is 21.2. The van der Waals surface area contributed by atoms with Crippen LogP contribution in [0.3, 0.4) is 0 Å². The maximum Gasteiger partial charge on any atom is 0.357 e. The van der Waals surface area contributed by atoms with E-state index in [0.29, 0.717) is 33.5 Å². The first-order valence-corrected chi connectivity index (χ1v) is 20.3. The van der Waals surface area contributed by atoms with E-state index in [-0.39, 0.29) is 38.4 Å². The van der Waals surface area contributed by atoms with E-state index < -0.39 is 37.1 Å². The Morgan fingerprint density at radius 3 is 2.00 bits per heavy atom. The largest absolute Gasteiger partial charge is 0.476 e. The zero-order valence-electron chi connectivity index (χ0n) is 28.1. The molecule has 0 aliphatic carbocycles. The predicted octanol–water partition coefficient (Wildman–Crippen LogP) is 8.48. The molecule has 46 heavy (non-hydrogen) atoms. The van der Waals surface area contributed by atoms with E-state index in [1.807, 2.05) is 13.8 Å². The lowest BCUT2D eigenvalue weighted by Gasteiger charge is -2.50. The van der Waals surface area contributed by atoms with Gasteiger partial charge in [0, 0.05) is 5.41 Å². The van der Waals surface area contributed by atoms with Crippen molar-refractivity contribution < 1.29 is 33.0 Å². The van der Waals surface area contributed by atoms with Gasteiger partial charge < -0.3 is 14.3 Å². The highest BCUT2D eigenvalue weighted by Crippen LogP contribution is 2.46. The molecule has 7 nitrogen and oxygen atoms in total. The minimum atomic E-state index is -2.23. The van der Waals surface area contributed by atoms with Crippen molar-refractivity contribution in [2.75, 3.05) is 5.75 Å². The molecule has 3 atom stereocenters. The van der Waals surface area contributed by atoms with Crippen molar-refractivity contribution in [1.29, 1.82) is 0 Å². The Morgan fingerprint density at radius 2 is 1.54 bits per heavy atom. The fraction of sp³-hybridized carbons (Fsp3) is 0.471. The normalized spacial score (nSPS) is 18.4. The van der Waals surface area contributed by atoms with E-state index in [4.69, 9.17) is 21.4 Å². The maximum absolute atomic E-state index is 13.8. The van der Waals surface area contributed by atoms with Crippen LogP contribution in [0, 0.1) is 17.2 Å². The molecule has 1 fully saturated rings. The molecule has 1 aliphatic heterocycles. The number of carbonyl (C=O) groups excluding carboxylic acids is 2. The van der Waals surface area contributed by atoms with E-state index in [2.05, 4.69) is 33.9 Å². The number of amides is 1. The number of thiocarbonyl (C=S) groups is 1. The topological polar surface area (TPSA) is 93.1 Å². The third kappa shape index (κ3) is 8.69. The first-order chi connectivity index (χ1) is 21.2. The molecule has 1 amide bonds. The van der Waals surface area contributed by atoms with Gasteiger partial charge in [-0.05, 0) is 90.1 Å². The zero-order valence-corrected chi connectivity index (χ0v) is 31.5. The Labute approximate surface area is 286 Å². The first kappa shape index (κ1) is 37.9. The van der Waals surface area contributed by atoms with Crippen molar-refractivity contribution in [3.8, 4) is 5.75 Å². The summed E-state index contributed by atoms with van der Waals surface area (Å²) in [5, 5.41) is 9.40. The number of rotatable bonds is 12. The lowest BCUT2D eigenvalue weighted by molar-refractivity contribution is -0.157. The number of carboxylic acids is 1. The molecule has 0 bridgehead atoms. The van der Waals surface area contributed by atoms with Crippen LogP contribution in [0.15, 0.2) is 59.3 Å². The molecule has 2 aromatic carbocycles. The number of aliphatic carboxylic acids is 1. The second-order valence-electron chi connectivity index (χ2n) is 13.7. The molecule has 12 heteroatoms. The standard InChI is InChI=1S/C34H44FNO6S3Si/c1-11-44-29-25(20(2)42-46(9,10)34(6,7)8)28(37)36(29)26(30(38)39)31(45-32(40)33(3,4)5)41-24-18-14-22(15-19-24)27(43)21-12-16-23(35)17-13-21/h12-20,25,29H,11H2,1-10H3,(H,38,39)/t20-,25+,29-/m1/s1. The zero-order chi connectivity index (χ0) is 34.8. The van der Waals surface area contributed by atoms with Gasteiger partial charge in [-0.2, -0.15) is 0 Å². The van der Waals surface area contributed by atoms with Crippen molar-refractivity contribution in [1.82, 2.24) is 4.90 Å². The van der Waals surface area contributed by atoms with E-state index in [1.165, 1.54) is 28.8 Å². The van der Waals surface area contributed by atoms with Crippen LogP contribution in [0.1, 0.15) is 66.5 Å². The number of hydrogen-bond acceptors (Lipinski definition) is 8. The maximum atomic E-state index is 13.8. The summed E-state index contributed by atoms with van der Waals surface area (Å²) in [6.07, 6.45) is -0.436. The molecule has 0 spiro atoms. The molecule has 1 aliphatic rings. The molecule has 1 N–H and O–H groups in total. The van der Waals surface area contributed by atoms with Crippen LogP contribution in [0.2, 0.25) is 18.1 Å². The van der Waals surface area contributed by atoms with Crippen LogP contribution in [-0.2, 0) is 18.8 Å². The first-order valence-electron chi connectivity index (χ1n) is 15.1. The summed E-state index contributed by atoms with van der Waals surface area (Å²) in [5.41, 5.74) is 0.133. The number of carbonyl (C=O) groups is 3. The average molecular weight is 706 g/mol. The van der Waals surface area contributed by atoms with Gasteiger partial charge in [-0.25, -0.2) is 9.18 Å². The summed E-state index contributed by atoms with van der Waals surface area (Å²) in [6.45, 7) is 19.6.